The van der Waals surface area contributed by atoms with E-state index in [1.807, 2.05) is 30.3 Å². The predicted molar refractivity (Wildman–Crippen MR) is 86.9 cm³/mol. The van der Waals surface area contributed by atoms with E-state index in [1.54, 1.807) is 24.4 Å². The molecule has 1 heterocycles. The van der Waals surface area contributed by atoms with Crippen LogP contribution < -0.4 is 5.73 Å². The molecule has 2 aromatic carbocycles. The highest BCUT2D eigenvalue weighted by Gasteiger charge is 2.09. The van der Waals surface area contributed by atoms with Crippen molar-refractivity contribution in [2.45, 2.75) is 0 Å². The van der Waals surface area contributed by atoms with Gasteiger partial charge in [-0.25, -0.2) is 0 Å². The third-order valence-corrected chi connectivity index (χ3v) is 3.37. The van der Waals surface area contributed by atoms with Crippen LogP contribution in [0.25, 0.3) is 22.6 Å². The molecule has 0 atom stereocenters. The molecular weight excluding hydrogens is 276 g/mol. The van der Waals surface area contributed by atoms with Crippen LogP contribution in [0.2, 0.25) is 0 Å². The summed E-state index contributed by atoms with van der Waals surface area (Å²) in [5.74, 6) is -0.390. The van der Waals surface area contributed by atoms with Crippen molar-refractivity contribution in [2.24, 2.45) is 5.73 Å². The summed E-state index contributed by atoms with van der Waals surface area (Å²) < 4.78 is 0. The Morgan fingerprint density at radius 2 is 1.82 bits per heavy atom. The SMILES string of the molecule is NC(=O)/C(=C\c1cnc2ccccc2c1)c1ccc(O)cc1. The first-order chi connectivity index (χ1) is 10.6. The second kappa shape index (κ2) is 5.69. The van der Waals surface area contributed by atoms with Crippen LogP contribution in [0.4, 0.5) is 0 Å². The Bertz CT molecular complexity index is 868. The summed E-state index contributed by atoms with van der Waals surface area (Å²) in [6.07, 6.45) is 3.40. The van der Waals surface area contributed by atoms with E-state index in [1.165, 1.54) is 12.1 Å². The average molecular weight is 290 g/mol. The third-order valence-electron chi connectivity index (χ3n) is 3.37. The van der Waals surface area contributed by atoms with Crippen molar-refractivity contribution in [1.82, 2.24) is 4.98 Å². The third kappa shape index (κ3) is 2.81. The molecule has 1 aromatic heterocycles. The van der Waals surface area contributed by atoms with Crippen LogP contribution in [0.5, 0.6) is 5.75 Å². The van der Waals surface area contributed by atoms with E-state index in [2.05, 4.69) is 4.98 Å². The van der Waals surface area contributed by atoms with Gasteiger partial charge < -0.3 is 10.8 Å². The second-order valence-electron chi connectivity index (χ2n) is 4.93. The summed E-state index contributed by atoms with van der Waals surface area (Å²) >= 11 is 0. The van der Waals surface area contributed by atoms with Gasteiger partial charge in [-0.1, -0.05) is 30.3 Å². The highest BCUT2D eigenvalue weighted by molar-refractivity contribution is 6.23. The number of nitrogens with zero attached hydrogens (tertiary/aromatic N) is 1. The number of amides is 1. The van der Waals surface area contributed by atoms with E-state index < -0.39 is 5.91 Å². The number of aromatic hydroxyl groups is 1. The monoisotopic (exact) mass is 290 g/mol. The zero-order chi connectivity index (χ0) is 15.5. The molecule has 1 amide bonds. The molecule has 0 saturated carbocycles. The fourth-order valence-corrected chi connectivity index (χ4v) is 2.27. The number of nitrogens with two attached hydrogens (primary N) is 1. The lowest BCUT2D eigenvalue weighted by Crippen LogP contribution is -2.12. The van der Waals surface area contributed by atoms with Crippen LogP contribution in [-0.4, -0.2) is 16.0 Å². The van der Waals surface area contributed by atoms with Gasteiger partial charge in [0, 0.05) is 17.2 Å². The highest BCUT2D eigenvalue weighted by Crippen LogP contribution is 2.22. The lowest BCUT2D eigenvalue weighted by atomic mass is 10.0. The van der Waals surface area contributed by atoms with Gasteiger partial charge in [0.25, 0.3) is 0 Å². The van der Waals surface area contributed by atoms with E-state index in [-0.39, 0.29) is 5.75 Å². The Hall–Kier alpha value is -3.14. The van der Waals surface area contributed by atoms with Crippen LogP contribution in [0.15, 0.2) is 60.8 Å². The Kier molecular flexibility index (Phi) is 3.58. The maximum atomic E-state index is 11.7. The van der Waals surface area contributed by atoms with E-state index in [0.29, 0.717) is 11.1 Å². The fraction of sp³-hybridized carbons (Fsp3) is 0. The van der Waals surface area contributed by atoms with E-state index in [4.69, 9.17) is 5.73 Å². The number of primary amides is 1. The van der Waals surface area contributed by atoms with Gasteiger partial charge in [-0.2, -0.15) is 0 Å². The minimum atomic E-state index is -0.529. The number of pyridine rings is 1. The van der Waals surface area contributed by atoms with Gasteiger partial charge in [-0.05, 0) is 41.5 Å². The standard InChI is InChI=1S/C18H14N2O2/c19-18(22)16(13-5-7-15(21)8-6-13)10-12-9-14-3-1-2-4-17(14)20-11-12/h1-11,21H,(H2,19,22)/b16-10-. The first-order valence-electron chi connectivity index (χ1n) is 6.79. The van der Waals surface area contributed by atoms with Gasteiger partial charge in [0.05, 0.1) is 5.52 Å². The van der Waals surface area contributed by atoms with Crippen molar-refractivity contribution in [1.29, 1.82) is 0 Å². The summed E-state index contributed by atoms with van der Waals surface area (Å²) in [6.45, 7) is 0. The van der Waals surface area contributed by atoms with E-state index in [9.17, 15) is 9.90 Å². The minimum absolute atomic E-state index is 0.139. The summed E-state index contributed by atoms with van der Waals surface area (Å²) in [6, 6.07) is 16.0. The van der Waals surface area contributed by atoms with Crippen molar-refractivity contribution >= 4 is 28.5 Å². The highest BCUT2D eigenvalue weighted by atomic mass is 16.3. The number of carbonyl (C=O) groups excluding carboxylic acids is 1. The molecular formula is C18H14N2O2. The summed E-state index contributed by atoms with van der Waals surface area (Å²) in [5, 5.41) is 10.3. The van der Waals surface area contributed by atoms with Crippen LogP contribution in [0, 0.1) is 0 Å². The first-order valence-corrected chi connectivity index (χ1v) is 6.79. The zero-order valence-electron chi connectivity index (χ0n) is 11.7. The molecule has 3 aromatic rings. The summed E-state index contributed by atoms with van der Waals surface area (Å²) in [5.41, 5.74) is 8.19. The number of aromatic nitrogens is 1. The lowest BCUT2D eigenvalue weighted by Gasteiger charge is -2.05. The van der Waals surface area contributed by atoms with Gasteiger partial charge >= 0.3 is 0 Å². The van der Waals surface area contributed by atoms with Gasteiger partial charge in [-0.3, -0.25) is 9.78 Å². The van der Waals surface area contributed by atoms with Crippen LogP contribution in [0.1, 0.15) is 11.1 Å². The number of rotatable bonds is 3. The van der Waals surface area contributed by atoms with Crippen LogP contribution in [0.3, 0.4) is 0 Å². The maximum Gasteiger partial charge on any atom is 0.249 e. The Balaban J connectivity index is 2.08. The molecule has 0 aliphatic heterocycles. The van der Waals surface area contributed by atoms with Gasteiger partial charge in [0.1, 0.15) is 5.75 Å². The minimum Gasteiger partial charge on any atom is -0.508 e. The molecule has 0 fully saturated rings. The van der Waals surface area contributed by atoms with Crippen molar-refractivity contribution in [2.75, 3.05) is 0 Å². The number of hydrogen-bond acceptors (Lipinski definition) is 3. The number of benzene rings is 2. The summed E-state index contributed by atoms with van der Waals surface area (Å²) in [4.78, 5) is 16.1. The zero-order valence-corrected chi connectivity index (χ0v) is 11.7. The molecule has 4 nitrogen and oxygen atoms in total. The maximum absolute atomic E-state index is 11.7. The quantitative estimate of drug-likeness (QED) is 0.728. The smallest absolute Gasteiger partial charge is 0.249 e. The fourth-order valence-electron chi connectivity index (χ4n) is 2.27. The molecule has 0 unspecified atom stereocenters. The molecule has 4 heteroatoms. The van der Waals surface area contributed by atoms with Crippen molar-refractivity contribution in [3.63, 3.8) is 0 Å². The number of phenols is 1. The largest absolute Gasteiger partial charge is 0.508 e. The molecule has 0 spiro atoms. The topological polar surface area (TPSA) is 76.2 Å². The average Bonchev–Trinajstić information content (AvgIpc) is 2.53. The first kappa shape index (κ1) is 13.8. The molecule has 3 N–H and O–H groups in total. The number of fused-ring (bicyclic) bond motifs is 1. The molecule has 108 valence electrons. The molecule has 0 aliphatic carbocycles. The Morgan fingerprint density at radius 3 is 2.55 bits per heavy atom. The molecule has 0 radical (unpaired) electrons. The molecule has 0 bridgehead atoms. The predicted octanol–water partition coefficient (Wildman–Crippen LogP) is 2.97. The molecule has 0 saturated heterocycles. The Labute approximate surface area is 127 Å². The van der Waals surface area contributed by atoms with Gasteiger partial charge in [0.15, 0.2) is 0 Å². The number of carbonyl (C=O) groups is 1. The van der Waals surface area contributed by atoms with E-state index in [0.717, 1.165) is 16.5 Å². The van der Waals surface area contributed by atoms with Crippen LogP contribution in [-0.2, 0) is 4.79 Å². The van der Waals surface area contributed by atoms with Gasteiger partial charge in [0.2, 0.25) is 5.91 Å². The van der Waals surface area contributed by atoms with Crippen molar-refractivity contribution < 1.29 is 9.90 Å². The molecule has 22 heavy (non-hydrogen) atoms. The second-order valence-corrected chi connectivity index (χ2v) is 4.93. The summed E-state index contributed by atoms with van der Waals surface area (Å²) in [7, 11) is 0. The van der Waals surface area contributed by atoms with Crippen molar-refractivity contribution in [3.05, 3.63) is 71.9 Å². The molecule has 3 rings (SSSR count). The number of para-hydroxylation sites is 1. The lowest BCUT2D eigenvalue weighted by molar-refractivity contribution is -0.112. The normalized spacial score (nSPS) is 11.5. The van der Waals surface area contributed by atoms with Gasteiger partial charge in [-0.15, -0.1) is 0 Å². The molecule has 0 aliphatic rings. The van der Waals surface area contributed by atoms with Crippen molar-refractivity contribution in [3.8, 4) is 5.75 Å². The number of hydrogen-bond donors (Lipinski definition) is 2. The van der Waals surface area contributed by atoms with Crippen LogP contribution >= 0.6 is 0 Å². The van der Waals surface area contributed by atoms with E-state index >= 15 is 0 Å². The Morgan fingerprint density at radius 1 is 1.09 bits per heavy atom. The number of phenolic OH excluding ortho intramolecular Hbond substituents is 1.